The van der Waals surface area contributed by atoms with E-state index in [4.69, 9.17) is 39.5 Å². The van der Waals surface area contributed by atoms with Gasteiger partial charge in [-0.3, -0.25) is 4.79 Å². The molecular formula is C11H9Cl3O2. The van der Waals surface area contributed by atoms with E-state index in [-0.39, 0.29) is 11.8 Å². The molecule has 3 aliphatic rings. The first kappa shape index (κ1) is 10.9. The number of carbonyl (C=O) groups excluding carboxylic acids is 1. The Morgan fingerprint density at radius 2 is 2.12 bits per heavy atom. The summed E-state index contributed by atoms with van der Waals surface area (Å²) in [6, 6.07) is 0. The number of esters is 1. The van der Waals surface area contributed by atoms with Gasteiger partial charge in [0.15, 0.2) is 15.3 Å². The molecule has 0 aromatic rings. The summed E-state index contributed by atoms with van der Waals surface area (Å²) < 4.78 is 4.10. The van der Waals surface area contributed by atoms with Crippen LogP contribution in [0.5, 0.6) is 0 Å². The van der Waals surface area contributed by atoms with Gasteiger partial charge >= 0.3 is 5.97 Å². The Morgan fingerprint density at radius 3 is 2.75 bits per heavy atom. The first-order valence-electron chi connectivity index (χ1n) is 5.10. The zero-order valence-corrected chi connectivity index (χ0v) is 10.5. The number of allylic oxidation sites excluding steroid dienone is 4. The van der Waals surface area contributed by atoms with Crippen LogP contribution < -0.4 is 0 Å². The Balaban J connectivity index is 1.99. The molecule has 2 nitrogen and oxygen atoms in total. The van der Waals surface area contributed by atoms with E-state index in [0.717, 1.165) is 6.42 Å². The molecule has 0 radical (unpaired) electrons. The molecule has 1 aliphatic heterocycles. The lowest BCUT2D eigenvalue weighted by atomic mass is 9.55. The molecule has 1 spiro atoms. The Hall–Kier alpha value is -0.180. The average molecular weight is 280 g/mol. The Morgan fingerprint density at radius 1 is 1.38 bits per heavy atom. The maximum Gasteiger partial charge on any atom is 0.329 e. The molecule has 4 atom stereocenters. The van der Waals surface area contributed by atoms with Gasteiger partial charge in [0.05, 0.1) is 0 Å². The predicted molar refractivity (Wildman–Crippen MR) is 62.8 cm³/mol. The van der Waals surface area contributed by atoms with Gasteiger partial charge in [-0.2, -0.15) is 0 Å². The molecule has 16 heavy (non-hydrogen) atoms. The number of hydrogen-bond donors (Lipinski definition) is 0. The second kappa shape index (κ2) is 3.18. The van der Waals surface area contributed by atoms with Crippen LogP contribution in [0.3, 0.4) is 0 Å². The highest BCUT2D eigenvalue weighted by molar-refractivity contribution is 6.52. The molecule has 86 valence electrons. The highest BCUT2D eigenvalue weighted by Crippen LogP contribution is 2.68. The van der Waals surface area contributed by atoms with E-state index in [1.165, 1.54) is 0 Å². The highest BCUT2D eigenvalue weighted by atomic mass is 35.5. The lowest BCUT2D eigenvalue weighted by molar-refractivity contribution is -0.236. The van der Waals surface area contributed by atoms with Crippen molar-refractivity contribution in [3.63, 3.8) is 0 Å². The van der Waals surface area contributed by atoms with Crippen molar-refractivity contribution in [2.24, 2.45) is 11.8 Å². The number of alkyl halides is 3. The van der Waals surface area contributed by atoms with Gasteiger partial charge in [-0.15, -0.1) is 11.6 Å². The summed E-state index contributed by atoms with van der Waals surface area (Å²) in [5.41, 5.74) is -0.904. The van der Waals surface area contributed by atoms with Crippen molar-refractivity contribution < 1.29 is 9.53 Å². The van der Waals surface area contributed by atoms with Crippen LogP contribution in [0.2, 0.25) is 0 Å². The van der Waals surface area contributed by atoms with Crippen LogP contribution in [0, 0.1) is 11.8 Å². The van der Waals surface area contributed by atoms with E-state index in [1.54, 1.807) is 0 Å². The molecule has 1 saturated heterocycles. The van der Waals surface area contributed by atoms with Gasteiger partial charge in [0.25, 0.3) is 0 Å². The molecule has 2 aliphatic carbocycles. The Kier molecular flexibility index (Phi) is 2.18. The van der Waals surface area contributed by atoms with Crippen molar-refractivity contribution in [1.82, 2.24) is 0 Å². The number of hydrogen-bond acceptors (Lipinski definition) is 2. The van der Waals surface area contributed by atoms with Gasteiger partial charge < -0.3 is 4.74 Å². The smallest absolute Gasteiger partial charge is 0.329 e. The van der Waals surface area contributed by atoms with Crippen LogP contribution in [0.15, 0.2) is 24.3 Å². The van der Waals surface area contributed by atoms with Crippen molar-refractivity contribution in [2.45, 2.75) is 21.7 Å². The second-order valence-electron chi connectivity index (χ2n) is 4.38. The third-order valence-electron chi connectivity index (χ3n) is 3.73. The monoisotopic (exact) mass is 278 g/mol. The van der Waals surface area contributed by atoms with Crippen LogP contribution in [0.1, 0.15) is 6.42 Å². The third kappa shape index (κ3) is 0.993. The minimum absolute atomic E-state index is 0.0137. The minimum atomic E-state index is -1.11. The first-order chi connectivity index (χ1) is 7.52. The zero-order chi connectivity index (χ0) is 11.6. The van der Waals surface area contributed by atoms with Crippen molar-refractivity contribution in [3.8, 4) is 0 Å². The molecule has 3 rings (SSSR count). The summed E-state index contributed by atoms with van der Waals surface area (Å²) in [7, 11) is 0. The predicted octanol–water partition coefficient (Wildman–Crippen LogP) is 2.83. The number of fused-ring (bicyclic) bond motifs is 2. The molecule has 1 heterocycles. The topological polar surface area (TPSA) is 26.3 Å². The molecular weight excluding hydrogens is 270 g/mol. The second-order valence-corrected chi connectivity index (χ2v) is 6.20. The van der Waals surface area contributed by atoms with Gasteiger partial charge in [0.1, 0.15) is 0 Å². The van der Waals surface area contributed by atoms with Crippen molar-refractivity contribution in [1.29, 1.82) is 0 Å². The summed E-state index contributed by atoms with van der Waals surface area (Å²) in [5.74, 6) is -0.360. The van der Waals surface area contributed by atoms with Crippen LogP contribution in [0.25, 0.3) is 0 Å². The van der Waals surface area contributed by atoms with E-state index in [0.29, 0.717) is 0 Å². The van der Waals surface area contributed by atoms with E-state index in [1.807, 2.05) is 24.3 Å². The molecule has 0 amide bonds. The van der Waals surface area contributed by atoms with Crippen molar-refractivity contribution in [2.75, 3.05) is 0 Å². The first-order valence-corrected chi connectivity index (χ1v) is 6.29. The summed E-state index contributed by atoms with van der Waals surface area (Å²) in [6.45, 7) is 0. The molecule has 0 N–H and O–H groups in total. The van der Waals surface area contributed by atoms with Gasteiger partial charge in [-0.05, 0) is 6.42 Å². The molecule has 0 unspecified atom stereocenters. The Bertz CT molecular complexity index is 415. The van der Waals surface area contributed by atoms with Crippen LogP contribution >= 0.6 is 34.8 Å². The van der Waals surface area contributed by atoms with E-state index < -0.39 is 21.3 Å². The summed E-state index contributed by atoms with van der Waals surface area (Å²) >= 11 is 18.6. The molecule has 0 bridgehead atoms. The molecule has 2 fully saturated rings. The lowest BCUT2D eigenvalue weighted by Gasteiger charge is -2.66. The average Bonchev–Trinajstić information content (AvgIpc) is 2.48. The number of ether oxygens (including phenoxy) is 1. The minimum Gasteiger partial charge on any atom is -0.452 e. The van der Waals surface area contributed by atoms with Crippen molar-refractivity contribution in [3.05, 3.63) is 24.3 Å². The molecule has 5 heteroatoms. The molecule has 1 saturated carbocycles. The van der Waals surface area contributed by atoms with Crippen LogP contribution in [-0.2, 0) is 9.53 Å². The normalized spacial score (nSPS) is 47.7. The largest absolute Gasteiger partial charge is 0.452 e. The fourth-order valence-electron chi connectivity index (χ4n) is 2.88. The maximum atomic E-state index is 11.2. The Labute approximate surface area is 108 Å². The molecule has 0 aromatic heterocycles. The van der Waals surface area contributed by atoms with Crippen molar-refractivity contribution >= 4 is 40.8 Å². The standard InChI is InChI=1S/C11H9Cl3O2/c12-8-9(15)16-10(8)6-4-2-1-3-5-7(6)11(10,13)14/h1-3,5-8H,4H2/t6-,7+,8+,10+/m1/s1. The van der Waals surface area contributed by atoms with Gasteiger partial charge in [0, 0.05) is 11.8 Å². The quantitative estimate of drug-likeness (QED) is 0.503. The number of rotatable bonds is 0. The third-order valence-corrected chi connectivity index (χ3v) is 5.33. The zero-order valence-electron chi connectivity index (χ0n) is 8.20. The summed E-state index contributed by atoms with van der Waals surface area (Å²) in [4.78, 5) is 11.2. The lowest BCUT2D eigenvalue weighted by Crippen LogP contribution is -2.82. The maximum absolute atomic E-state index is 11.2. The summed E-state index contributed by atoms with van der Waals surface area (Å²) in [6.07, 6.45) is 8.60. The molecule has 0 aromatic carbocycles. The fourth-order valence-corrected chi connectivity index (χ4v) is 4.44. The SMILES string of the molecule is O=C1O[C@@]2([C@@H]3CC=CC=C[C@@H]3C2(Cl)Cl)[C@H]1Cl. The van der Waals surface area contributed by atoms with E-state index >= 15 is 0 Å². The van der Waals surface area contributed by atoms with Gasteiger partial charge in [0.2, 0.25) is 0 Å². The highest BCUT2D eigenvalue weighted by Gasteiger charge is 2.81. The van der Waals surface area contributed by atoms with Gasteiger partial charge in [-0.1, -0.05) is 47.5 Å². The van der Waals surface area contributed by atoms with Crippen LogP contribution in [-0.4, -0.2) is 21.3 Å². The van der Waals surface area contributed by atoms with Crippen LogP contribution in [0.4, 0.5) is 0 Å². The fraction of sp³-hybridized carbons (Fsp3) is 0.545. The number of halogens is 3. The van der Waals surface area contributed by atoms with E-state index in [9.17, 15) is 4.79 Å². The van der Waals surface area contributed by atoms with E-state index in [2.05, 4.69) is 0 Å². The van der Waals surface area contributed by atoms with Gasteiger partial charge in [-0.25, -0.2) is 0 Å². The number of carbonyl (C=O) groups is 1. The summed E-state index contributed by atoms with van der Waals surface area (Å²) in [5, 5.41) is -0.733.